The molecule has 0 spiro atoms. The SMILES string of the molecule is CC1CCC(NC(=O)c2ccncc2C#CCO)C1C. The van der Waals surface area contributed by atoms with Crippen LogP contribution in [-0.2, 0) is 0 Å². The summed E-state index contributed by atoms with van der Waals surface area (Å²) in [6.07, 6.45) is 5.31. The van der Waals surface area contributed by atoms with Gasteiger partial charge in [0.15, 0.2) is 0 Å². The van der Waals surface area contributed by atoms with Gasteiger partial charge < -0.3 is 10.4 Å². The van der Waals surface area contributed by atoms with Crippen molar-refractivity contribution < 1.29 is 9.90 Å². The van der Waals surface area contributed by atoms with Gasteiger partial charge in [0, 0.05) is 18.4 Å². The standard InChI is InChI=1S/C16H20N2O2/c1-11-5-6-15(12(11)2)18-16(20)14-7-8-17-10-13(14)4-3-9-19/h7-8,10-12,15,19H,5-6,9H2,1-2H3,(H,18,20). The van der Waals surface area contributed by atoms with Crippen LogP contribution in [-0.4, -0.2) is 28.6 Å². The van der Waals surface area contributed by atoms with Crippen molar-refractivity contribution in [3.05, 3.63) is 29.6 Å². The number of carbonyl (C=O) groups excluding carboxylic acids is 1. The number of carbonyl (C=O) groups is 1. The number of nitrogens with one attached hydrogen (secondary N) is 1. The second kappa shape index (κ2) is 6.53. The second-order valence-corrected chi connectivity index (χ2v) is 5.37. The largest absolute Gasteiger partial charge is 0.384 e. The van der Waals surface area contributed by atoms with Gasteiger partial charge in [-0.05, 0) is 30.7 Å². The fourth-order valence-corrected chi connectivity index (χ4v) is 2.64. The minimum Gasteiger partial charge on any atom is -0.384 e. The molecule has 1 heterocycles. The number of aromatic nitrogens is 1. The first-order valence-electron chi connectivity index (χ1n) is 6.98. The van der Waals surface area contributed by atoms with Crippen LogP contribution in [0.15, 0.2) is 18.5 Å². The van der Waals surface area contributed by atoms with Gasteiger partial charge in [-0.2, -0.15) is 0 Å². The fourth-order valence-electron chi connectivity index (χ4n) is 2.64. The summed E-state index contributed by atoms with van der Waals surface area (Å²) in [6, 6.07) is 1.89. The van der Waals surface area contributed by atoms with Gasteiger partial charge in [-0.25, -0.2) is 0 Å². The Labute approximate surface area is 119 Å². The number of aliphatic hydroxyl groups is 1. The van der Waals surface area contributed by atoms with Crippen LogP contribution in [0.2, 0.25) is 0 Å². The molecule has 1 fully saturated rings. The molecule has 3 atom stereocenters. The highest BCUT2D eigenvalue weighted by molar-refractivity contribution is 5.96. The molecular weight excluding hydrogens is 252 g/mol. The molecule has 1 aliphatic rings. The maximum atomic E-state index is 12.4. The number of hydrogen-bond donors (Lipinski definition) is 2. The molecule has 1 aromatic heterocycles. The van der Waals surface area contributed by atoms with E-state index in [4.69, 9.17) is 5.11 Å². The lowest BCUT2D eigenvalue weighted by molar-refractivity contribution is 0.0927. The molecule has 1 saturated carbocycles. The zero-order valence-electron chi connectivity index (χ0n) is 11.9. The lowest BCUT2D eigenvalue weighted by Gasteiger charge is -2.20. The molecule has 0 bridgehead atoms. The highest BCUT2D eigenvalue weighted by Crippen LogP contribution is 2.31. The molecule has 2 N–H and O–H groups in total. The van der Waals surface area contributed by atoms with E-state index in [0.717, 1.165) is 12.8 Å². The smallest absolute Gasteiger partial charge is 0.252 e. The Bertz CT molecular complexity index is 545. The first-order chi connectivity index (χ1) is 9.63. The molecule has 4 nitrogen and oxygen atoms in total. The van der Waals surface area contributed by atoms with Crippen molar-refractivity contribution in [3.8, 4) is 11.8 Å². The Balaban J connectivity index is 2.13. The van der Waals surface area contributed by atoms with Gasteiger partial charge in [0.1, 0.15) is 6.61 Å². The fraction of sp³-hybridized carbons (Fsp3) is 0.500. The van der Waals surface area contributed by atoms with Crippen LogP contribution in [0.1, 0.15) is 42.6 Å². The van der Waals surface area contributed by atoms with Crippen molar-refractivity contribution in [2.24, 2.45) is 11.8 Å². The third-order valence-electron chi connectivity index (χ3n) is 4.15. The van der Waals surface area contributed by atoms with E-state index in [1.54, 1.807) is 18.5 Å². The molecule has 1 aliphatic carbocycles. The molecule has 106 valence electrons. The summed E-state index contributed by atoms with van der Waals surface area (Å²) >= 11 is 0. The van der Waals surface area contributed by atoms with E-state index < -0.39 is 0 Å². The zero-order valence-corrected chi connectivity index (χ0v) is 11.9. The van der Waals surface area contributed by atoms with Crippen molar-refractivity contribution >= 4 is 5.91 Å². The Kier molecular flexibility index (Phi) is 4.75. The third-order valence-corrected chi connectivity index (χ3v) is 4.15. The maximum Gasteiger partial charge on any atom is 0.252 e. The Morgan fingerprint density at radius 3 is 2.95 bits per heavy atom. The van der Waals surface area contributed by atoms with Crippen molar-refractivity contribution in [1.82, 2.24) is 10.3 Å². The molecule has 3 unspecified atom stereocenters. The van der Waals surface area contributed by atoms with E-state index in [-0.39, 0.29) is 18.6 Å². The summed E-state index contributed by atoms with van der Waals surface area (Å²) in [6.45, 7) is 4.18. The normalized spacial score (nSPS) is 24.9. The molecule has 0 radical (unpaired) electrons. The van der Waals surface area contributed by atoms with Gasteiger partial charge in [0.2, 0.25) is 0 Å². The van der Waals surface area contributed by atoms with Crippen LogP contribution in [0.4, 0.5) is 0 Å². The predicted octanol–water partition coefficient (Wildman–Crippen LogP) is 1.59. The van der Waals surface area contributed by atoms with E-state index in [0.29, 0.717) is 23.0 Å². The van der Waals surface area contributed by atoms with E-state index in [2.05, 4.69) is 36.0 Å². The number of pyridine rings is 1. The first-order valence-corrected chi connectivity index (χ1v) is 6.98. The molecule has 1 amide bonds. The molecule has 20 heavy (non-hydrogen) atoms. The van der Waals surface area contributed by atoms with Crippen LogP contribution < -0.4 is 5.32 Å². The average molecular weight is 272 g/mol. The number of nitrogens with zero attached hydrogens (tertiary/aromatic N) is 1. The van der Waals surface area contributed by atoms with Gasteiger partial charge in [-0.1, -0.05) is 25.7 Å². The molecule has 4 heteroatoms. The Morgan fingerprint density at radius 1 is 1.50 bits per heavy atom. The van der Waals surface area contributed by atoms with Gasteiger partial charge in [-0.3, -0.25) is 9.78 Å². The van der Waals surface area contributed by atoms with Gasteiger partial charge in [-0.15, -0.1) is 0 Å². The average Bonchev–Trinajstić information content (AvgIpc) is 2.77. The zero-order chi connectivity index (χ0) is 14.5. The minimum atomic E-state index is -0.229. The van der Waals surface area contributed by atoms with Crippen molar-refractivity contribution in [3.63, 3.8) is 0 Å². The number of aliphatic hydroxyl groups excluding tert-OH is 1. The Hall–Kier alpha value is -1.86. The van der Waals surface area contributed by atoms with Crippen molar-refractivity contribution in [2.75, 3.05) is 6.61 Å². The van der Waals surface area contributed by atoms with Gasteiger partial charge in [0.25, 0.3) is 5.91 Å². The van der Waals surface area contributed by atoms with E-state index in [1.807, 2.05) is 0 Å². The molecule has 0 saturated heterocycles. The predicted molar refractivity (Wildman–Crippen MR) is 77.0 cm³/mol. The maximum absolute atomic E-state index is 12.4. The van der Waals surface area contributed by atoms with Crippen molar-refractivity contribution in [2.45, 2.75) is 32.7 Å². The summed E-state index contributed by atoms with van der Waals surface area (Å²) in [5, 5.41) is 11.9. The Morgan fingerprint density at radius 2 is 2.30 bits per heavy atom. The molecule has 0 aromatic carbocycles. The van der Waals surface area contributed by atoms with Gasteiger partial charge >= 0.3 is 0 Å². The monoisotopic (exact) mass is 272 g/mol. The molecule has 1 aromatic rings. The highest BCUT2D eigenvalue weighted by Gasteiger charge is 2.31. The van der Waals surface area contributed by atoms with E-state index >= 15 is 0 Å². The lowest BCUT2D eigenvalue weighted by atomic mass is 9.97. The first kappa shape index (κ1) is 14.5. The molecular formula is C16H20N2O2. The van der Waals surface area contributed by atoms with E-state index in [9.17, 15) is 4.79 Å². The summed E-state index contributed by atoms with van der Waals surface area (Å²) in [5.74, 6) is 6.35. The van der Waals surface area contributed by atoms with Crippen LogP contribution in [0.3, 0.4) is 0 Å². The van der Waals surface area contributed by atoms with E-state index in [1.165, 1.54) is 0 Å². The summed E-state index contributed by atoms with van der Waals surface area (Å²) < 4.78 is 0. The number of hydrogen-bond acceptors (Lipinski definition) is 3. The summed E-state index contributed by atoms with van der Waals surface area (Å²) in [7, 11) is 0. The molecule has 0 aliphatic heterocycles. The minimum absolute atomic E-state index is 0.111. The number of rotatable bonds is 2. The van der Waals surface area contributed by atoms with Crippen molar-refractivity contribution in [1.29, 1.82) is 0 Å². The summed E-state index contributed by atoms with van der Waals surface area (Å²) in [5.41, 5.74) is 1.07. The van der Waals surface area contributed by atoms with Crippen LogP contribution >= 0.6 is 0 Å². The quantitative estimate of drug-likeness (QED) is 0.804. The number of amides is 1. The van der Waals surface area contributed by atoms with Crippen LogP contribution in [0.25, 0.3) is 0 Å². The van der Waals surface area contributed by atoms with Gasteiger partial charge in [0.05, 0.1) is 11.1 Å². The summed E-state index contributed by atoms with van der Waals surface area (Å²) in [4.78, 5) is 16.3. The molecule has 2 rings (SSSR count). The van der Waals surface area contributed by atoms with Crippen LogP contribution in [0, 0.1) is 23.7 Å². The lowest BCUT2D eigenvalue weighted by Crippen LogP contribution is -2.37. The topological polar surface area (TPSA) is 62.2 Å². The highest BCUT2D eigenvalue weighted by atomic mass is 16.2. The third kappa shape index (κ3) is 3.17. The van der Waals surface area contributed by atoms with Crippen LogP contribution in [0.5, 0.6) is 0 Å². The second-order valence-electron chi connectivity index (χ2n) is 5.37.